The monoisotopic (exact) mass is 256 g/mol. The molecule has 1 aromatic heterocycles. The number of aliphatic carboxylic acids is 1. The van der Waals surface area contributed by atoms with E-state index in [1.165, 1.54) is 0 Å². The normalized spacial score (nSPS) is 14.9. The Morgan fingerprint density at radius 1 is 1.59 bits per heavy atom. The number of hydrogen-bond donors (Lipinski definition) is 1. The van der Waals surface area contributed by atoms with Gasteiger partial charge in [0.15, 0.2) is 0 Å². The highest BCUT2D eigenvalue weighted by atomic mass is 32.1. The molecule has 0 saturated carbocycles. The summed E-state index contributed by atoms with van der Waals surface area (Å²) in [6, 6.07) is 0.189. The maximum atomic E-state index is 10.8. The molecule has 0 fully saturated rings. The summed E-state index contributed by atoms with van der Waals surface area (Å²) in [5.74, 6) is -0.752. The van der Waals surface area contributed by atoms with Crippen molar-refractivity contribution in [3.05, 3.63) is 16.1 Å². The Morgan fingerprint density at radius 3 is 2.65 bits per heavy atom. The van der Waals surface area contributed by atoms with Crippen molar-refractivity contribution >= 4 is 17.3 Å². The van der Waals surface area contributed by atoms with Crippen molar-refractivity contribution in [2.45, 2.75) is 46.2 Å². The minimum atomic E-state index is -0.752. The Bertz CT molecular complexity index is 378. The molecule has 0 radical (unpaired) electrons. The van der Waals surface area contributed by atoms with E-state index < -0.39 is 5.97 Å². The summed E-state index contributed by atoms with van der Waals surface area (Å²) in [5.41, 5.74) is 1.03. The van der Waals surface area contributed by atoms with Crippen molar-refractivity contribution in [1.82, 2.24) is 9.88 Å². The quantitative estimate of drug-likeness (QED) is 0.850. The van der Waals surface area contributed by atoms with E-state index in [0.717, 1.165) is 17.2 Å². The minimum Gasteiger partial charge on any atom is -0.481 e. The SMILES string of the molecule is CCN(C(C)CC(=O)O)C(C)c1csc(C)n1. The molecule has 0 aromatic carbocycles. The highest BCUT2D eigenvalue weighted by Gasteiger charge is 2.23. The molecule has 1 heterocycles. The van der Waals surface area contributed by atoms with Crippen LogP contribution in [0.15, 0.2) is 5.38 Å². The smallest absolute Gasteiger partial charge is 0.304 e. The van der Waals surface area contributed by atoms with Crippen LogP contribution in [0, 0.1) is 6.92 Å². The van der Waals surface area contributed by atoms with Gasteiger partial charge in [-0.05, 0) is 27.3 Å². The third-order valence-electron chi connectivity index (χ3n) is 2.96. The molecule has 17 heavy (non-hydrogen) atoms. The molecule has 0 aliphatic heterocycles. The lowest BCUT2D eigenvalue weighted by Crippen LogP contribution is -2.36. The molecule has 0 spiro atoms. The average Bonchev–Trinajstić information content (AvgIpc) is 2.64. The Kier molecular flexibility index (Phi) is 5.08. The molecule has 1 aromatic rings. The van der Waals surface area contributed by atoms with Crippen LogP contribution in [0.2, 0.25) is 0 Å². The maximum Gasteiger partial charge on any atom is 0.304 e. The molecule has 0 aliphatic carbocycles. The molecule has 1 rings (SSSR count). The van der Waals surface area contributed by atoms with Crippen molar-refractivity contribution in [3.8, 4) is 0 Å². The van der Waals surface area contributed by atoms with Crippen LogP contribution in [0.3, 0.4) is 0 Å². The molecule has 1 N–H and O–H groups in total. The van der Waals surface area contributed by atoms with Gasteiger partial charge in [-0.2, -0.15) is 0 Å². The lowest BCUT2D eigenvalue weighted by molar-refractivity contribution is -0.138. The molecule has 5 heteroatoms. The van der Waals surface area contributed by atoms with Crippen molar-refractivity contribution in [2.75, 3.05) is 6.54 Å². The van der Waals surface area contributed by atoms with E-state index in [1.807, 2.05) is 20.8 Å². The van der Waals surface area contributed by atoms with Gasteiger partial charge in [0.25, 0.3) is 0 Å². The van der Waals surface area contributed by atoms with E-state index in [9.17, 15) is 4.79 Å². The Balaban J connectivity index is 2.76. The Morgan fingerprint density at radius 2 is 2.24 bits per heavy atom. The summed E-state index contributed by atoms with van der Waals surface area (Å²) in [4.78, 5) is 17.4. The number of carboxylic acid groups (broad SMARTS) is 1. The van der Waals surface area contributed by atoms with Crippen LogP contribution in [0.4, 0.5) is 0 Å². The second kappa shape index (κ2) is 6.12. The van der Waals surface area contributed by atoms with Crippen LogP contribution in [-0.2, 0) is 4.79 Å². The van der Waals surface area contributed by atoms with Crippen LogP contribution >= 0.6 is 11.3 Å². The number of rotatable bonds is 6. The number of aryl methyl sites for hydroxylation is 1. The number of thiazole rings is 1. The van der Waals surface area contributed by atoms with Crippen molar-refractivity contribution < 1.29 is 9.90 Å². The zero-order valence-corrected chi connectivity index (χ0v) is 11.6. The van der Waals surface area contributed by atoms with Gasteiger partial charge >= 0.3 is 5.97 Å². The fourth-order valence-corrected chi connectivity index (χ4v) is 2.78. The highest BCUT2D eigenvalue weighted by Crippen LogP contribution is 2.24. The lowest BCUT2D eigenvalue weighted by atomic mass is 10.1. The summed E-state index contributed by atoms with van der Waals surface area (Å²) in [7, 11) is 0. The molecule has 0 saturated heterocycles. The van der Waals surface area contributed by atoms with Crippen LogP contribution in [0.25, 0.3) is 0 Å². The van der Waals surface area contributed by atoms with Crippen LogP contribution in [0.5, 0.6) is 0 Å². The zero-order chi connectivity index (χ0) is 13.0. The minimum absolute atomic E-state index is 0.0227. The van der Waals surface area contributed by atoms with Crippen molar-refractivity contribution in [1.29, 1.82) is 0 Å². The van der Waals surface area contributed by atoms with Gasteiger partial charge in [-0.25, -0.2) is 4.98 Å². The second-order valence-electron chi connectivity index (χ2n) is 4.24. The molecular formula is C12H20N2O2S. The molecule has 2 atom stereocenters. The van der Waals surface area contributed by atoms with Crippen LogP contribution in [-0.4, -0.2) is 33.5 Å². The first-order valence-corrected chi connectivity index (χ1v) is 6.73. The third-order valence-corrected chi connectivity index (χ3v) is 3.76. The van der Waals surface area contributed by atoms with Crippen LogP contribution < -0.4 is 0 Å². The lowest BCUT2D eigenvalue weighted by Gasteiger charge is -2.31. The standard InChI is InChI=1S/C12H20N2O2S/c1-5-14(8(2)6-12(15)16)9(3)11-7-17-10(4)13-11/h7-9H,5-6H2,1-4H3,(H,15,16). The van der Waals surface area contributed by atoms with E-state index in [2.05, 4.69) is 22.2 Å². The number of aromatic nitrogens is 1. The molecule has 0 bridgehead atoms. The Labute approximate surface area is 106 Å². The second-order valence-corrected chi connectivity index (χ2v) is 5.31. The topological polar surface area (TPSA) is 53.4 Å². The summed E-state index contributed by atoms with van der Waals surface area (Å²) < 4.78 is 0. The fourth-order valence-electron chi connectivity index (χ4n) is 2.08. The maximum absolute atomic E-state index is 10.8. The van der Waals surface area contributed by atoms with E-state index in [1.54, 1.807) is 11.3 Å². The summed E-state index contributed by atoms with van der Waals surface area (Å²) in [6.45, 7) is 8.89. The molecule has 2 unspecified atom stereocenters. The van der Waals surface area contributed by atoms with Gasteiger partial charge < -0.3 is 5.11 Å². The first-order chi connectivity index (χ1) is 7.95. The van der Waals surface area contributed by atoms with E-state index in [-0.39, 0.29) is 18.5 Å². The summed E-state index contributed by atoms with van der Waals surface area (Å²) in [5, 5.41) is 11.9. The summed E-state index contributed by atoms with van der Waals surface area (Å²) >= 11 is 1.63. The van der Waals surface area contributed by atoms with Gasteiger partial charge in [0.1, 0.15) is 0 Å². The van der Waals surface area contributed by atoms with Gasteiger partial charge in [-0.3, -0.25) is 9.69 Å². The van der Waals surface area contributed by atoms with E-state index >= 15 is 0 Å². The zero-order valence-electron chi connectivity index (χ0n) is 10.8. The number of carbonyl (C=O) groups is 1. The molecule has 4 nitrogen and oxygen atoms in total. The first kappa shape index (κ1) is 14.1. The number of carboxylic acids is 1. The first-order valence-electron chi connectivity index (χ1n) is 5.85. The molecular weight excluding hydrogens is 236 g/mol. The van der Waals surface area contributed by atoms with E-state index in [4.69, 9.17) is 5.11 Å². The molecule has 0 aliphatic rings. The third kappa shape index (κ3) is 3.78. The summed E-state index contributed by atoms with van der Waals surface area (Å²) in [6.07, 6.45) is 0.168. The van der Waals surface area contributed by atoms with Crippen molar-refractivity contribution in [2.24, 2.45) is 0 Å². The predicted molar refractivity (Wildman–Crippen MR) is 69.4 cm³/mol. The van der Waals surface area contributed by atoms with Gasteiger partial charge in [0.05, 0.1) is 23.2 Å². The van der Waals surface area contributed by atoms with Gasteiger partial charge in [0, 0.05) is 11.4 Å². The average molecular weight is 256 g/mol. The fraction of sp³-hybridized carbons (Fsp3) is 0.667. The van der Waals surface area contributed by atoms with Crippen LogP contribution in [0.1, 0.15) is 43.9 Å². The van der Waals surface area contributed by atoms with Gasteiger partial charge in [0.2, 0.25) is 0 Å². The van der Waals surface area contributed by atoms with Gasteiger partial charge in [-0.15, -0.1) is 11.3 Å². The Hall–Kier alpha value is -0.940. The van der Waals surface area contributed by atoms with Gasteiger partial charge in [-0.1, -0.05) is 6.92 Å². The predicted octanol–water partition coefficient (Wildman–Crippen LogP) is 2.70. The van der Waals surface area contributed by atoms with Crippen molar-refractivity contribution in [3.63, 3.8) is 0 Å². The van der Waals surface area contributed by atoms with E-state index in [0.29, 0.717) is 0 Å². The number of nitrogens with zero attached hydrogens (tertiary/aromatic N) is 2. The molecule has 96 valence electrons. The largest absolute Gasteiger partial charge is 0.481 e. The number of hydrogen-bond acceptors (Lipinski definition) is 4. The highest BCUT2D eigenvalue weighted by molar-refractivity contribution is 7.09. The molecule has 0 amide bonds.